The SMILES string of the molecule is C1=NC(Cc2ccccn2)=NC1.C1=NC(Cc2ccccn2)=NC1.OB(O)c1ccccn1.[Os]. The second-order valence-corrected chi connectivity index (χ2v) is 6.76. The van der Waals surface area contributed by atoms with Gasteiger partial charge in [-0.2, -0.15) is 0 Å². The minimum absolute atomic E-state index is 0. The van der Waals surface area contributed by atoms with Crippen LogP contribution in [-0.2, 0) is 32.6 Å². The zero-order chi connectivity index (χ0) is 23.1. The van der Waals surface area contributed by atoms with Crippen LogP contribution >= 0.6 is 0 Å². The Balaban J connectivity index is 0.000000180. The quantitative estimate of drug-likeness (QED) is 0.406. The second-order valence-electron chi connectivity index (χ2n) is 6.76. The molecule has 0 amide bonds. The fourth-order valence-electron chi connectivity index (χ4n) is 2.73. The van der Waals surface area contributed by atoms with E-state index in [9.17, 15) is 0 Å². The van der Waals surface area contributed by atoms with Gasteiger partial charge < -0.3 is 10.0 Å². The molecule has 34 heavy (non-hydrogen) atoms. The zero-order valence-corrected chi connectivity index (χ0v) is 20.9. The smallest absolute Gasteiger partial charge is 0.422 e. The summed E-state index contributed by atoms with van der Waals surface area (Å²) in [6.07, 6.45) is 10.2. The van der Waals surface area contributed by atoms with Gasteiger partial charge in [-0.3, -0.25) is 24.9 Å². The Morgan fingerprint density at radius 1 is 0.647 bits per heavy atom. The molecule has 0 aliphatic carbocycles. The summed E-state index contributed by atoms with van der Waals surface area (Å²) in [7, 11) is -1.45. The molecular weight excluding hydrogens is 607 g/mol. The first kappa shape index (κ1) is 27.0. The van der Waals surface area contributed by atoms with Crippen LogP contribution in [0.5, 0.6) is 0 Å². The van der Waals surface area contributed by atoms with Crippen molar-refractivity contribution in [2.24, 2.45) is 20.0 Å². The van der Waals surface area contributed by atoms with E-state index >= 15 is 0 Å². The van der Waals surface area contributed by atoms with Crippen molar-refractivity contribution in [3.05, 3.63) is 84.6 Å². The average Bonchev–Trinajstić information content (AvgIpc) is 3.57. The van der Waals surface area contributed by atoms with Gasteiger partial charge in [0.15, 0.2) is 0 Å². The molecule has 3 aromatic rings. The Morgan fingerprint density at radius 3 is 1.41 bits per heavy atom. The molecule has 2 aliphatic heterocycles. The molecule has 174 valence electrons. The average molecular weight is 632 g/mol. The fraction of sp³-hybridized carbons (Fsp3) is 0.174. The Labute approximate surface area is 211 Å². The molecule has 0 aromatic carbocycles. The number of hydrogen-bond donors (Lipinski definition) is 2. The van der Waals surface area contributed by atoms with Crippen molar-refractivity contribution >= 4 is 36.8 Å². The maximum absolute atomic E-state index is 8.52. The van der Waals surface area contributed by atoms with Crippen LogP contribution in [0.15, 0.2) is 93.2 Å². The molecular formula is C23H24BN7O2Os. The van der Waals surface area contributed by atoms with Gasteiger partial charge in [-0.15, -0.1) is 0 Å². The molecule has 9 nitrogen and oxygen atoms in total. The standard InChI is InChI=1S/2C9H9N3.C5H6BNO2.Os/c2*1-2-4-10-8(3-1)7-9-11-5-6-12-9;8-6(9)5-3-1-2-4-7-5;/h2*1-5H,6-7H2;1-4,8-9H;. The van der Waals surface area contributed by atoms with Crippen molar-refractivity contribution in [3.8, 4) is 0 Å². The molecule has 0 fully saturated rings. The van der Waals surface area contributed by atoms with Crippen molar-refractivity contribution in [3.63, 3.8) is 0 Å². The maximum atomic E-state index is 8.52. The summed E-state index contributed by atoms with van der Waals surface area (Å²) in [4.78, 5) is 28.7. The summed E-state index contributed by atoms with van der Waals surface area (Å²) >= 11 is 0. The number of aromatic nitrogens is 3. The van der Waals surface area contributed by atoms with Crippen LogP contribution in [0.4, 0.5) is 0 Å². The normalized spacial score (nSPS) is 12.9. The Morgan fingerprint density at radius 2 is 1.12 bits per heavy atom. The molecule has 0 saturated carbocycles. The first-order valence-corrected chi connectivity index (χ1v) is 10.4. The molecule has 0 saturated heterocycles. The molecule has 5 heterocycles. The van der Waals surface area contributed by atoms with Crippen molar-refractivity contribution in [2.75, 3.05) is 13.1 Å². The van der Waals surface area contributed by atoms with E-state index in [1.165, 1.54) is 6.20 Å². The molecule has 5 rings (SSSR count). The van der Waals surface area contributed by atoms with E-state index in [-0.39, 0.29) is 25.4 Å². The Hall–Kier alpha value is -3.25. The van der Waals surface area contributed by atoms with Gasteiger partial charge in [-0.05, 0) is 36.4 Å². The molecule has 0 atom stereocenters. The number of amidine groups is 2. The number of nitrogens with zero attached hydrogens (tertiary/aromatic N) is 7. The molecule has 2 N–H and O–H groups in total. The first-order valence-electron chi connectivity index (χ1n) is 10.4. The zero-order valence-electron chi connectivity index (χ0n) is 18.4. The van der Waals surface area contributed by atoms with Crippen molar-refractivity contribution < 1.29 is 29.8 Å². The minimum Gasteiger partial charge on any atom is -0.422 e. The van der Waals surface area contributed by atoms with Gasteiger partial charge in [0.25, 0.3) is 0 Å². The van der Waals surface area contributed by atoms with Gasteiger partial charge in [-0.1, -0.05) is 18.2 Å². The summed E-state index contributed by atoms with van der Waals surface area (Å²) in [6, 6.07) is 16.7. The first-order chi connectivity index (χ1) is 16.2. The molecule has 11 heteroatoms. The van der Waals surface area contributed by atoms with Crippen LogP contribution in [0.25, 0.3) is 0 Å². The van der Waals surface area contributed by atoms with Crippen LogP contribution in [0, 0.1) is 0 Å². The molecule has 0 spiro atoms. The van der Waals surface area contributed by atoms with E-state index < -0.39 is 7.12 Å². The van der Waals surface area contributed by atoms with Crippen LogP contribution in [0.1, 0.15) is 11.4 Å². The fourth-order valence-corrected chi connectivity index (χ4v) is 2.73. The topological polar surface area (TPSA) is 129 Å². The van der Waals surface area contributed by atoms with Crippen LogP contribution < -0.4 is 5.59 Å². The third-order valence-electron chi connectivity index (χ3n) is 4.27. The largest absolute Gasteiger partial charge is 0.508 e. The second kappa shape index (κ2) is 15.6. The maximum Gasteiger partial charge on any atom is 0.508 e. The van der Waals surface area contributed by atoms with Crippen molar-refractivity contribution in [2.45, 2.75) is 12.8 Å². The van der Waals surface area contributed by atoms with E-state index in [2.05, 4.69) is 34.9 Å². The van der Waals surface area contributed by atoms with Crippen molar-refractivity contribution in [1.29, 1.82) is 0 Å². The van der Waals surface area contributed by atoms with Gasteiger partial charge in [-0.25, -0.2) is 9.98 Å². The van der Waals surface area contributed by atoms with E-state index in [0.29, 0.717) is 0 Å². The van der Waals surface area contributed by atoms with E-state index in [4.69, 9.17) is 10.0 Å². The van der Waals surface area contributed by atoms with Crippen LogP contribution in [0.3, 0.4) is 0 Å². The molecule has 0 radical (unpaired) electrons. The number of pyridine rings is 3. The minimum atomic E-state index is -1.45. The third-order valence-corrected chi connectivity index (χ3v) is 4.27. The molecule has 0 unspecified atom stereocenters. The van der Waals surface area contributed by atoms with Gasteiger partial charge in [0.1, 0.15) is 11.7 Å². The summed E-state index contributed by atoms with van der Waals surface area (Å²) in [6.45, 7) is 1.45. The van der Waals surface area contributed by atoms with E-state index in [1.807, 2.05) is 48.8 Å². The predicted octanol–water partition coefficient (Wildman–Crippen LogP) is 0.973. The van der Waals surface area contributed by atoms with Crippen molar-refractivity contribution in [1.82, 2.24) is 15.0 Å². The van der Waals surface area contributed by atoms with E-state index in [0.717, 1.165) is 49.0 Å². The number of rotatable bonds is 5. The third kappa shape index (κ3) is 10.1. The molecule has 3 aromatic heterocycles. The van der Waals surface area contributed by atoms with Gasteiger partial charge >= 0.3 is 7.12 Å². The Bertz CT molecular complexity index is 1030. The van der Waals surface area contributed by atoms with Gasteiger partial charge in [0, 0.05) is 75.0 Å². The predicted molar refractivity (Wildman–Crippen MR) is 132 cm³/mol. The Kier molecular flexibility index (Phi) is 12.4. The summed E-state index contributed by atoms with van der Waals surface area (Å²) in [5.41, 5.74) is 2.32. The number of hydrogen-bond acceptors (Lipinski definition) is 9. The van der Waals surface area contributed by atoms with Crippen LogP contribution in [-0.4, -0.2) is 69.3 Å². The summed E-state index contributed by atoms with van der Waals surface area (Å²) in [5.74, 6) is 1.77. The monoisotopic (exact) mass is 633 g/mol. The van der Waals surface area contributed by atoms with Gasteiger partial charge in [0.05, 0.1) is 18.7 Å². The van der Waals surface area contributed by atoms with Gasteiger partial charge in [0.2, 0.25) is 0 Å². The van der Waals surface area contributed by atoms with Crippen LogP contribution in [0.2, 0.25) is 0 Å². The molecule has 0 bridgehead atoms. The summed E-state index contributed by atoms with van der Waals surface area (Å²) in [5, 5.41) is 17.0. The number of aliphatic imine (C=N–C) groups is 4. The summed E-state index contributed by atoms with van der Waals surface area (Å²) < 4.78 is 0. The van der Waals surface area contributed by atoms with E-state index in [1.54, 1.807) is 30.6 Å². The molecule has 2 aliphatic rings.